The van der Waals surface area contributed by atoms with Crippen molar-refractivity contribution in [1.29, 1.82) is 0 Å². The van der Waals surface area contributed by atoms with Gasteiger partial charge in [-0.05, 0) is 124 Å². The van der Waals surface area contributed by atoms with E-state index in [1.54, 1.807) is 0 Å². The molecule has 1 spiro atoms. The lowest BCUT2D eigenvalue weighted by molar-refractivity contribution is 0.550. The van der Waals surface area contributed by atoms with Crippen molar-refractivity contribution in [2.75, 3.05) is 4.90 Å². The van der Waals surface area contributed by atoms with E-state index < -0.39 is 0 Å². The zero-order valence-corrected chi connectivity index (χ0v) is 30.1. The van der Waals surface area contributed by atoms with Gasteiger partial charge in [0, 0.05) is 38.8 Å². The molecule has 0 unspecified atom stereocenters. The Hall–Kier alpha value is -6.38. The lowest BCUT2D eigenvalue weighted by Crippen LogP contribution is -2.21. The van der Waals surface area contributed by atoms with Crippen LogP contribution in [0.15, 0.2) is 170 Å². The highest BCUT2D eigenvalue weighted by Crippen LogP contribution is 2.58. The molecule has 3 aliphatic rings. The van der Waals surface area contributed by atoms with Crippen molar-refractivity contribution in [3.05, 3.63) is 192 Å². The van der Waals surface area contributed by atoms with Crippen molar-refractivity contribution >= 4 is 49.6 Å². The number of aromatic nitrogens is 1. The molecule has 1 aromatic heterocycles. The highest BCUT2D eigenvalue weighted by molar-refractivity contribution is 6.11. The van der Waals surface area contributed by atoms with Crippen LogP contribution in [0.1, 0.15) is 47.9 Å². The second kappa shape index (κ2) is 11.3. The molecule has 0 aliphatic heterocycles. The van der Waals surface area contributed by atoms with Crippen molar-refractivity contribution in [2.24, 2.45) is 0 Å². The Bertz CT molecular complexity index is 2990. The highest BCUT2D eigenvalue weighted by Gasteiger charge is 2.45. The number of rotatable bonds is 4. The van der Waals surface area contributed by atoms with Crippen molar-refractivity contribution in [2.45, 2.75) is 37.5 Å². The molecule has 1 fully saturated rings. The molecule has 12 rings (SSSR count). The smallest absolute Gasteiger partial charge is 0.0543 e. The minimum atomic E-state index is 0.0933. The molecule has 0 saturated heterocycles. The largest absolute Gasteiger partial charge is 0.310 e. The molecule has 1 saturated carbocycles. The molecule has 3 aliphatic carbocycles. The molecule has 2 heteroatoms. The Balaban J connectivity index is 1.11. The van der Waals surface area contributed by atoms with E-state index in [4.69, 9.17) is 0 Å². The predicted molar refractivity (Wildman–Crippen MR) is 226 cm³/mol. The molecule has 0 N–H and O–H groups in total. The second-order valence-electron chi connectivity index (χ2n) is 15.6. The zero-order chi connectivity index (χ0) is 35.4. The van der Waals surface area contributed by atoms with Gasteiger partial charge >= 0.3 is 0 Å². The summed E-state index contributed by atoms with van der Waals surface area (Å²) in [5.74, 6) is 0. The van der Waals surface area contributed by atoms with Crippen LogP contribution < -0.4 is 4.90 Å². The number of hydrogen-bond donors (Lipinski definition) is 0. The molecule has 1 heterocycles. The van der Waals surface area contributed by atoms with Gasteiger partial charge in [0.2, 0.25) is 0 Å². The van der Waals surface area contributed by atoms with E-state index >= 15 is 0 Å². The van der Waals surface area contributed by atoms with Crippen LogP contribution in [0.25, 0.3) is 60.5 Å². The van der Waals surface area contributed by atoms with Gasteiger partial charge in [0.25, 0.3) is 0 Å². The summed E-state index contributed by atoms with van der Waals surface area (Å²) in [6.07, 6.45) is 5.96. The van der Waals surface area contributed by atoms with Gasteiger partial charge in [0.05, 0.1) is 16.7 Å². The van der Waals surface area contributed by atoms with Crippen molar-refractivity contribution in [1.82, 2.24) is 4.57 Å². The molecule has 0 bridgehead atoms. The first-order chi connectivity index (χ1) is 26.7. The summed E-state index contributed by atoms with van der Waals surface area (Å²) in [6.45, 7) is 0. The van der Waals surface area contributed by atoms with Crippen LogP contribution in [0.3, 0.4) is 0 Å². The van der Waals surface area contributed by atoms with Crippen LogP contribution in [0.5, 0.6) is 0 Å². The number of anilines is 3. The summed E-state index contributed by atoms with van der Waals surface area (Å²) < 4.78 is 2.44. The summed E-state index contributed by atoms with van der Waals surface area (Å²) in [4.78, 5) is 2.56. The minimum Gasteiger partial charge on any atom is -0.310 e. The molecule has 54 heavy (non-hydrogen) atoms. The quantitative estimate of drug-likeness (QED) is 0.178. The molecule has 9 aromatic rings. The van der Waals surface area contributed by atoms with Crippen molar-refractivity contribution < 1.29 is 0 Å². The monoisotopic (exact) mass is 690 g/mol. The van der Waals surface area contributed by atoms with E-state index in [0.29, 0.717) is 0 Å². The van der Waals surface area contributed by atoms with Crippen molar-refractivity contribution in [3.63, 3.8) is 0 Å². The molecule has 2 nitrogen and oxygen atoms in total. The Morgan fingerprint density at radius 3 is 2.09 bits per heavy atom. The van der Waals surface area contributed by atoms with E-state index in [-0.39, 0.29) is 5.41 Å². The van der Waals surface area contributed by atoms with Crippen LogP contribution >= 0.6 is 0 Å². The average molecular weight is 691 g/mol. The maximum absolute atomic E-state index is 2.56. The fourth-order valence-electron chi connectivity index (χ4n) is 10.6. The number of fused-ring (bicyclic) bond motifs is 12. The lowest BCUT2D eigenvalue weighted by atomic mass is 9.76. The van der Waals surface area contributed by atoms with Gasteiger partial charge in [0.15, 0.2) is 0 Å². The first kappa shape index (κ1) is 30.1. The molecule has 8 aromatic carbocycles. The number of benzene rings is 8. The summed E-state index contributed by atoms with van der Waals surface area (Å²) in [5, 5.41) is 5.03. The molecule has 0 amide bonds. The Morgan fingerprint density at radius 1 is 0.463 bits per heavy atom. The normalized spacial score (nSPS) is 14.8. The number of hydrogen-bond acceptors (Lipinski definition) is 1. The average Bonchev–Trinajstić information content (AvgIpc) is 4.01. The third-order valence-electron chi connectivity index (χ3n) is 12.9. The second-order valence-corrected chi connectivity index (χ2v) is 15.6. The molecule has 0 radical (unpaired) electrons. The highest BCUT2D eigenvalue weighted by atomic mass is 15.1. The standard InChI is InChI=1S/C52H38N2/c1-2-13-35-31-38(23-22-34(35)12-1)54-48-20-8-6-18-44(48)45-32-39(25-27-49(45)54)53(50-21-11-15-37-30-36-14-3-4-16-41(36)51(37)50)40-24-26-43-42-17-5-7-19-46(42)52(47(43)33-40)28-9-10-29-52/h1-8,11-27,31-33H,9-10,28-30H2. The predicted octanol–water partition coefficient (Wildman–Crippen LogP) is 13.8. The van der Waals surface area contributed by atoms with E-state index in [2.05, 4.69) is 179 Å². The van der Waals surface area contributed by atoms with Gasteiger partial charge in [-0.3, -0.25) is 0 Å². The van der Waals surface area contributed by atoms with Crippen LogP contribution in [-0.2, 0) is 11.8 Å². The molecular weight excluding hydrogens is 653 g/mol. The van der Waals surface area contributed by atoms with E-state index in [0.717, 1.165) is 6.42 Å². The summed E-state index contributed by atoms with van der Waals surface area (Å²) in [6, 6.07) is 64.0. The van der Waals surface area contributed by atoms with Gasteiger partial charge < -0.3 is 9.47 Å². The van der Waals surface area contributed by atoms with Gasteiger partial charge in [0.1, 0.15) is 0 Å². The van der Waals surface area contributed by atoms with Crippen LogP contribution in [0.2, 0.25) is 0 Å². The summed E-state index contributed by atoms with van der Waals surface area (Å²) >= 11 is 0. The fraction of sp³-hybridized carbons (Fsp3) is 0.115. The first-order valence-electron chi connectivity index (χ1n) is 19.5. The maximum atomic E-state index is 2.56. The Kier molecular flexibility index (Phi) is 6.31. The third kappa shape index (κ3) is 4.17. The van der Waals surface area contributed by atoms with Crippen molar-refractivity contribution in [3.8, 4) is 27.9 Å². The fourth-order valence-corrected chi connectivity index (χ4v) is 10.6. The first-order valence-corrected chi connectivity index (χ1v) is 19.5. The van der Waals surface area contributed by atoms with E-state index in [9.17, 15) is 0 Å². The van der Waals surface area contributed by atoms with Gasteiger partial charge in [-0.25, -0.2) is 0 Å². The Morgan fingerprint density at radius 2 is 1.17 bits per heavy atom. The van der Waals surface area contributed by atoms with Crippen LogP contribution in [0.4, 0.5) is 17.1 Å². The Labute approximate surface area is 315 Å². The SMILES string of the molecule is c1ccc2c(c1)Cc1cccc(N(c3ccc4c(c3)C3(CCCC3)c3ccccc3-4)c3ccc4c(c3)c3ccccc3n4-c3ccc4ccccc4c3)c1-2. The van der Waals surface area contributed by atoms with E-state index in [1.807, 2.05) is 0 Å². The van der Waals surface area contributed by atoms with Gasteiger partial charge in [-0.15, -0.1) is 0 Å². The van der Waals surface area contributed by atoms with Gasteiger partial charge in [-0.2, -0.15) is 0 Å². The number of nitrogens with zero attached hydrogens (tertiary/aromatic N) is 2. The zero-order valence-electron chi connectivity index (χ0n) is 30.1. The van der Waals surface area contributed by atoms with Crippen LogP contribution in [0, 0.1) is 0 Å². The van der Waals surface area contributed by atoms with Gasteiger partial charge in [-0.1, -0.05) is 128 Å². The maximum Gasteiger partial charge on any atom is 0.0543 e. The van der Waals surface area contributed by atoms with E-state index in [1.165, 1.54) is 126 Å². The summed E-state index contributed by atoms with van der Waals surface area (Å²) in [7, 11) is 0. The lowest BCUT2D eigenvalue weighted by Gasteiger charge is -2.31. The molecular formula is C52H38N2. The minimum absolute atomic E-state index is 0.0933. The van der Waals surface area contributed by atoms with Crippen LogP contribution in [-0.4, -0.2) is 4.57 Å². The summed E-state index contributed by atoms with van der Waals surface area (Å²) in [5.41, 5.74) is 18.7. The number of para-hydroxylation sites is 1. The third-order valence-corrected chi connectivity index (χ3v) is 12.9. The molecule has 256 valence electrons. The topological polar surface area (TPSA) is 8.17 Å². The molecule has 0 atom stereocenters.